The fourth-order valence-electron chi connectivity index (χ4n) is 3.97. The molecule has 1 amide bonds. The predicted molar refractivity (Wildman–Crippen MR) is 124 cm³/mol. The molecule has 1 aromatic heterocycles. The van der Waals surface area contributed by atoms with E-state index in [2.05, 4.69) is 15.3 Å². The number of benzene rings is 2. The van der Waals surface area contributed by atoms with Crippen molar-refractivity contribution in [3.05, 3.63) is 65.6 Å². The lowest BCUT2D eigenvalue weighted by atomic mass is 10.1. The number of anilines is 1. The van der Waals surface area contributed by atoms with Crippen molar-refractivity contribution in [2.45, 2.75) is 25.9 Å². The van der Waals surface area contributed by atoms with Crippen LogP contribution < -0.4 is 10.1 Å². The lowest BCUT2D eigenvalue weighted by Crippen LogP contribution is -2.37. The molecule has 1 aliphatic rings. The van der Waals surface area contributed by atoms with Gasteiger partial charge in [0.1, 0.15) is 24.3 Å². The first kappa shape index (κ1) is 22.9. The Labute approximate surface area is 192 Å². The third-order valence-electron chi connectivity index (χ3n) is 5.94. The number of carbonyl (C=O) groups is 1. The summed E-state index contributed by atoms with van der Waals surface area (Å²) in [6.45, 7) is 4.31. The van der Waals surface area contributed by atoms with E-state index in [1.54, 1.807) is 23.9 Å². The van der Waals surface area contributed by atoms with Crippen LogP contribution in [0.3, 0.4) is 0 Å². The maximum atomic E-state index is 13.5. The number of ether oxygens (including phenoxy) is 1. The summed E-state index contributed by atoms with van der Waals surface area (Å²) < 4.78 is 34.7. The first-order chi connectivity index (χ1) is 15.9. The number of hydrogen-bond acceptors (Lipinski definition) is 4. The van der Waals surface area contributed by atoms with Crippen LogP contribution in [0.4, 0.5) is 14.5 Å². The number of aryl methyl sites for hydroxylation is 2. The van der Waals surface area contributed by atoms with Gasteiger partial charge < -0.3 is 10.1 Å². The van der Waals surface area contributed by atoms with E-state index in [-0.39, 0.29) is 11.7 Å². The summed E-state index contributed by atoms with van der Waals surface area (Å²) >= 11 is 0. The van der Waals surface area contributed by atoms with Gasteiger partial charge in [-0.3, -0.25) is 14.4 Å². The molecule has 4 rings (SSSR count). The first-order valence-corrected chi connectivity index (χ1v) is 11.1. The van der Waals surface area contributed by atoms with Crippen molar-refractivity contribution in [1.29, 1.82) is 0 Å². The summed E-state index contributed by atoms with van der Waals surface area (Å²) in [5.41, 5.74) is 3.03. The molecule has 1 N–H and O–H groups in total. The number of carbonyl (C=O) groups excluding carboxylic acids is 1. The Morgan fingerprint density at radius 3 is 2.67 bits per heavy atom. The molecule has 1 saturated heterocycles. The second-order valence-electron chi connectivity index (χ2n) is 8.33. The van der Waals surface area contributed by atoms with E-state index >= 15 is 0 Å². The lowest BCUT2D eigenvalue weighted by Gasteiger charge is -2.28. The third kappa shape index (κ3) is 5.57. The molecule has 2 heterocycles. The smallest absolute Gasteiger partial charge is 0.255 e. The summed E-state index contributed by atoms with van der Waals surface area (Å²) in [4.78, 5) is 14.9. The van der Waals surface area contributed by atoms with Crippen molar-refractivity contribution in [3.63, 3.8) is 0 Å². The molecule has 33 heavy (non-hydrogen) atoms. The second kappa shape index (κ2) is 10.1. The van der Waals surface area contributed by atoms with Crippen LogP contribution in [0.15, 0.2) is 48.7 Å². The Morgan fingerprint density at radius 2 is 1.97 bits per heavy atom. The summed E-state index contributed by atoms with van der Waals surface area (Å²) in [5.74, 6) is 0.00852. The number of rotatable bonds is 7. The average Bonchev–Trinajstić information content (AvgIpc) is 3.23. The number of hydrogen-bond donors (Lipinski definition) is 1. The first-order valence-electron chi connectivity index (χ1n) is 11.1. The van der Waals surface area contributed by atoms with Gasteiger partial charge in [0.15, 0.2) is 0 Å². The average molecular weight is 455 g/mol. The van der Waals surface area contributed by atoms with Crippen molar-refractivity contribution in [2.75, 3.05) is 31.6 Å². The molecule has 0 saturated carbocycles. The van der Waals surface area contributed by atoms with Gasteiger partial charge in [-0.05, 0) is 67.8 Å². The van der Waals surface area contributed by atoms with E-state index in [4.69, 9.17) is 4.74 Å². The van der Waals surface area contributed by atoms with Gasteiger partial charge in [-0.25, -0.2) is 8.78 Å². The van der Waals surface area contributed by atoms with Crippen LogP contribution in [0.2, 0.25) is 0 Å². The Hall–Kier alpha value is -3.26. The fourth-order valence-corrected chi connectivity index (χ4v) is 3.97. The van der Waals surface area contributed by atoms with Gasteiger partial charge in [-0.15, -0.1) is 0 Å². The van der Waals surface area contributed by atoms with Gasteiger partial charge in [0.25, 0.3) is 5.91 Å². The minimum Gasteiger partial charge on any atom is -0.492 e. The van der Waals surface area contributed by atoms with Gasteiger partial charge in [0, 0.05) is 49.7 Å². The molecule has 1 fully saturated rings. The van der Waals surface area contributed by atoms with Gasteiger partial charge in [0.2, 0.25) is 0 Å². The monoisotopic (exact) mass is 454 g/mol. The third-order valence-corrected chi connectivity index (χ3v) is 5.94. The van der Waals surface area contributed by atoms with Crippen molar-refractivity contribution < 1.29 is 18.3 Å². The molecule has 3 aromatic rings. The van der Waals surface area contributed by atoms with E-state index in [1.165, 1.54) is 18.2 Å². The van der Waals surface area contributed by atoms with Crippen LogP contribution in [0.1, 0.15) is 28.8 Å². The van der Waals surface area contributed by atoms with Crippen molar-refractivity contribution in [2.24, 2.45) is 7.05 Å². The number of halogens is 2. The molecular formula is C25H28F2N4O2. The molecule has 8 heteroatoms. The predicted octanol–water partition coefficient (Wildman–Crippen LogP) is 4.60. The summed E-state index contributed by atoms with van der Waals surface area (Å²) in [6.07, 6.45) is 2.15. The van der Waals surface area contributed by atoms with Crippen LogP contribution in [-0.4, -0.2) is 53.0 Å². The zero-order valence-electron chi connectivity index (χ0n) is 18.9. The zero-order chi connectivity index (χ0) is 23.4. The number of piperidine rings is 1. The fraction of sp³-hybridized carbons (Fsp3) is 0.360. The van der Waals surface area contributed by atoms with Crippen LogP contribution in [0.5, 0.6) is 5.75 Å². The van der Waals surface area contributed by atoms with Crippen LogP contribution in [0, 0.1) is 12.7 Å². The molecular weight excluding hydrogens is 426 g/mol. The molecule has 2 aromatic carbocycles. The van der Waals surface area contributed by atoms with E-state index in [1.807, 2.05) is 25.2 Å². The highest BCUT2D eigenvalue weighted by atomic mass is 19.1. The van der Waals surface area contributed by atoms with Crippen molar-refractivity contribution in [3.8, 4) is 17.0 Å². The minimum atomic E-state index is -0.694. The Bertz CT molecular complexity index is 1120. The Balaban J connectivity index is 1.49. The van der Waals surface area contributed by atoms with Gasteiger partial charge in [-0.1, -0.05) is 0 Å². The molecule has 1 aliphatic heterocycles. The lowest BCUT2D eigenvalue weighted by molar-refractivity contribution is 0.102. The van der Waals surface area contributed by atoms with Crippen LogP contribution in [-0.2, 0) is 7.05 Å². The van der Waals surface area contributed by atoms with Gasteiger partial charge in [0.05, 0.1) is 5.69 Å². The van der Waals surface area contributed by atoms with Crippen LogP contribution >= 0.6 is 0 Å². The number of alkyl halides is 1. The topological polar surface area (TPSA) is 59.4 Å². The molecule has 0 radical (unpaired) electrons. The highest BCUT2D eigenvalue weighted by Gasteiger charge is 2.19. The standard InChI is InChI=1S/C25H28F2N4O2/c1-17-15-18(3-5-22(17)27)25(32)29-20-4-6-24(21(16-20)23-7-10-28-30(23)2)33-14-13-31-11-8-19(26)9-12-31/h3-7,10,15-16,19H,8-9,11-14H2,1-2H3,(H,29,32). The number of amides is 1. The summed E-state index contributed by atoms with van der Waals surface area (Å²) in [5, 5.41) is 7.12. The molecule has 0 bridgehead atoms. The molecule has 174 valence electrons. The second-order valence-corrected chi connectivity index (χ2v) is 8.33. The number of nitrogens with one attached hydrogen (secondary N) is 1. The highest BCUT2D eigenvalue weighted by Crippen LogP contribution is 2.32. The van der Waals surface area contributed by atoms with Gasteiger partial charge in [-0.2, -0.15) is 5.10 Å². The molecule has 0 atom stereocenters. The Kier molecular flexibility index (Phi) is 7.03. The van der Waals surface area contributed by atoms with E-state index < -0.39 is 6.17 Å². The maximum Gasteiger partial charge on any atom is 0.255 e. The largest absolute Gasteiger partial charge is 0.492 e. The Morgan fingerprint density at radius 1 is 1.18 bits per heavy atom. The zero-order valence-corrected chi connectivity index (χ0v) is 18.9. The van der Waals surface area contributed by atoms with Crippen molar-refractivity contribution >= 4 is 11.6 Å². The normalized spacial score (nSPS) is 14.9. The summed E-state index contributed by atoms with van der Waals surface area (Å²) in [7, 11) is 1.84. The number of likely N-dealkylation sites (tertiary alicyclic amines) is 1. The van der Waals surface area contributed by atoms with E-state index in [0.29, 0.717) is 42.0 Å². The van der Waals surface area contributed by atoms with E-state index in [0.717, 1.165) is 30.9 Å². The maximum absolute atomic E-state index is 13.5. The number of nitrogens with zero attached hydrogens (tertiary/aromatic N) is 3. The molecule has 0 spiro atoms. The van der Waals surface area contributed by atoms with E-state index in [9.17, 15) is 13.6 Å². The molecule has 6 nitrogen and oxygen atoms in total. The molecule has 0 aliphatic carbocycles. The van der Waals surface area contributed by atoms with Crippen molar-refractivity contribution in [1.82, 2.24) is 14.7 Å². The highest BCUT2D eigenvalue weighted by molar-refractivity contribution is 6.04. The van der Waals surface area contributed by atoms with Gasteiger partial charge >= 0.3 is 0 Å². The minimum absolute atomic E-state index is 0.320. The van der Waals surface area contributed by atoms with Crippen LogP contribution in [0.25, 0.3) is 11.3 Å². The quantitative estimate of drug-likeness (QED) is 0.567. The SMILES string of the molecule is Cc1cc(C(=O)Nc2ccc(OCCN3CCC(F)CC3)c(-c3ccnn3C)c2)ccc1F. The number of aromatic nitrogens is 2. The molecule has 0 unspecified atom stereocenters. The summed E-state index contributed by atoms with van der Waals surface area (Å²) in [6, 6.07) is 11.6.